The minimum atomic E-state index is 0. The van der Waals surface area contributed by atoms with Gasteiger partial charge in [-0.25, -0.2) is 0 Å². The molecule has 0 saturated carbocycles. The molecule has 16 heavy (non-hydrogen) atoms. The van der Waals surface area contributed by atoms with Crippen molar-refractivity contribution in [2.45, 2.75) is 0 Å². The summed E-state index contributed by atoms with van der Waals surface area (Å²) in [6.45, 7) is 0. The fourth-order valence-electron chi connectivity index (χ4n) is 0. The topological polar surface area (TPSA) is 281 Å². The van der Waals surface area contributed by atoms with Crippen LogP contribution < -0.4 is 0 Å². The predicted molar refractivity (Wildman–Crippen MR) is 47.0 cm³/mol. The maximum absolute atomic E-state index is 8.00. The Morgan fingerprint density at radius 1 is 0.625 bits per heavy atom. The second-order valence-corrected chi connectivity index (χ2v) is 0.298. The van der Waals surface area contributed by atoms with E-state index in [1.807, 2.05) is 0 Å². The first-order chi connectivity index (χ1) is 6.66. The SMILES string of the molecule is O.O=N[O-].O=N[O-].O=N[O-].O=N[O-].[N-]=O.[Ru]. The fraction of sp³-hybridized carbons (Fsp3) is 0. The summed E-state index contributed by atoms with van der Waals surface area (Å²) >= 11 is 0. The van der Waals surface area contributed by atoms with E-state index < -0.39 is 0 Å². The largest absolute Gasteiger partial charge is 0.577 e. The molecule has 100 valence electrons. The van der Waals surface area contributed by atoms with Gasteiger partial charge in [0, 0.05) is 19.5 Å². The minimum Gasteiger partial charge on any atom is -0.577 e. The summed E-state index contributed by atoms with van der Waals surface area (Å²) in [4.78, 5) is 39.2. The second kappa shape index (κ2) is 558. The van der Waals surface area contributed by atoms with Crippen LogP contribution in [-0.2, 0) is 19.5 Å². The molecule has 16 heteroatoms. The molecule has 0 aromatic rings. The molecule has 0 atom stereocenters. The van der Waals surface area contributed by atoms with E-state index in [-0.39, 0.29) is 25.0 Å². The maximum Gasteiger partial charge on any atom is 0 e. The minimum absolute atomic E-state index is 0. The summed E-state index contributed by atoms with van der Waals surface area (Å²) in [6.07, 6.45) is 0. The summed E-state index contributed by atoms with van der Waals surface area (Å²) in [5.41, 5.74) is 5.75. The van der Waals surface area contributed by atoms with E-state index in [4.69, 9.17) is 51.0 Å². The number of nitroso groups, excluding NO2 is 1. The Labute approximate surface area is 98.0 Å². The molecular weight excluding hydrogens is 331 g/mol. The first-order valence-corrected chi connectivity index (χ1v) is 1.64. The first-order valence-electron chi connectivity index (χ1n) is 1.64. The van der Waals surface area contributed by atoms with Gasteiger partial charge in [-0.2, -0.15) is 0 Å². The van der Waals surface area contributed by atoms with Crippen LogP contribution in [0.15, 0.2) is 21.4 Å². The smallest absolute Gasteiger partial charge is 0 e. The number of hydrogen-bond donors (Lipinski definition) is 0. The van der Waals surface area contributed by atoms with E-state index in [0.717, 1.165) is 21.4 Å². The fourth-order valence-corrected chi connectivity index (χ4v) is 0. The Morgan fingerprint density at radius 3 is 0.625 bits per heavy atom. The molecule has 15 nitrogen and oxygen atoms in total. The van der Waals surface area contributed by atoms with Gasteiger partial charge in [0.05, 0.1) is 0 Å². The normalized spacial score (nSPS) is 3.25. The van der Waals surface area contributed by atoms with Crippen LogP contribution in [0.3, 0.4) is 0 Å². The quantitative estimate of drug-likeness (QED) is 0.338. The average molecular weight is 333 g/mol. The van der Waals surface area contributed by atoms with E-state index >= 15 is 0 Å². The molecular formula is H2N5O10Ru-5. The molecule has 0 fully saturated rings. The van der Waals surface area contributed by atoms with E-state index in [2.05, 4.69) is 0 Å². The monoisotopic (exact) mass is 334 g/mol. The molecule has 0 heterocycles. The van der Waals surface area contributed by atoms with Gasteiger partial charge in [-0.1, -0.05) is 0 Å². The number of hydrogen-bond acceptors (Lipinski definition) is 13. The molecule has 0 saturated heterocycles. The molecule has 0 aliphatic heterocycles. The molecule has 0 rings (SSSR count). The van der Waals surface area contributed by atoms with Gasteiger partial charge in [0.1, 0.15) is 0 Å². The molecule has 0 aromatic carbocycles. The molecule has 0 bridgehead atoms. The molecule has 0 unspecified atom stereocenters. The Kier molecular flexibility index (Phi) is 1710. The van der Waals surface area contributed by atoms with Gasteiger partial charge in [-0.05, 0) is 0 Å². The Morgan fingerprint density at radius 2 is 0.625 bits per heavy atom. The van der Waals surface area contributed by atoms with Gasteiger partial charge < -0.3 is 56.4 Å². The van der Waals surface area contributed by atoms with Crippen LogP contribution in [0, 0.1) is 45.4 Å². The van der Waals surface area contributed by atoms with Gasteiger partial charge in [0.25, 0.3) is 0 Å². The van der Waals surface area contributed by atoms with Gasteiger partial charge >= 0.3 is 0 Å². The Hall–Kier alpha value is -2.22. The zero-order valence-electron chi connectivity index (χ0n) is 6.76. The zero-order valence-corrected chi connectivity index (χ0v) is 8.50. The summed E-state index contributed by atoms with van der Waals surface area (Å²) in [5, 5.41) is 36.0. The summed E-state index contributed by atoms with van der Waals surface area (Å²) in [7, 11) is 0. The van der Waals surface area contributed by atoms with Crippen LogP contribution in [0.2, 0.25) is 0 Å². The zero-order chi connectivity index (χ0) is 12.8. The maximum atomic E-state index is 8.00. The molecule has 0 amide bonds. The predicted octanol–water partition coefficient (Wildman–Crippen LogP) is 0.497. The standard InChI is InChI=1S/4HNO2.NO.H2O.Ru/c4*2-1-3;1-2;;/h4*(H,2,3);;1H2;/q;;;;-1;;/p-4. The van der Waals surface area contributed by atoms with Crippen LogP contribution >= 0.6 is 0 Å². The molecule has 0 aliphatic rings. The van der Waals surface area contributed by atoms with Crippen molar-refractivity contribution in [1.82, 2.24) is 0 Å². The third kappa shape index (κ3) is 279. The molecule has 0 spiro atoms. The van der Waals surface area contributed by atoms with Gasteiger partial charge in [0.2, 0.25) is 0 Å². The van der Waals surface area contributed by atoms with Crippen molar-refractivity contribution in [3.63, 3.8) is 0 Å². The van der Waals surface area contributed by atoms with Crippen LogP contribution in [0.4, 0.5) is 0 Å². The third-order valence-electron chi connectivity index (χ3n) is 0. The van der Waals surface area contributed by atoms with Crippen molar-refractivity contribution in [3.05, 3.63) is 51.0 Å². The summed E-state index contributed by atoms with van der Waals surface area (Å²) in [5.74, 6) is 0. The molecule has 0 aromatic heterocycles. The number of nitrogens with zero attached hydrogens (tertiary/aromatic N) is 5. The van der Waals surface area contributed by atoms with E-state index in [9.17, 15) is 0 Å². The van der Waals surface area contributed by atoms with Crippen LogP contribution in [0.1, 0.15) is 0 Å². The number of rotatable bonds is 0. The first kappa shape index (κ1) is 49.0. The average Bonchev–Trinajstić information content (AvgIpc) is 2.12. The Balaban J connectivity index is -0.0000000124. The van der Waals surface area contributed by atoms with Crippen molar-refractivity contribution in [2.75, 3.05) is 0 Å². The Bertz CT molecular complexity index is 83.4. The third-order valence-corrected chi connectivity index (χ3v) is 0. The summed E-state index contributed by atoms with van der Waals surface area (Å²) < 4.78 is 0. The van der Waals surface area contributed by atoms with E-state index in [1.165, 1.54) is 0 Å². The van der Waals surface area contributed by atoms with E-state index in [0.29, 0.717) is 0 Å². The van der Waals surface area contributed by atoms with Crippen molar-refractivity contribution in [2.24, 2.45) is 21.4 Å². The second-order valence-electron chi connectivity index (χ2n) is 0.298. The van der Waals surface area contributed by atoms with Crippen molar-refractivity contribution in [3.8, 4) is 0 Å². The van der Waals surface area contributed by atoms with Crippen molar-refractivity contribution < 1.29 is 25.0 Å². The van der Waals surface area contributed by atoms with Gasteiger partial charge in [0.15, 0.2) is 0 Å². The van der Waals surface area contributed by atoms with Crippen molar-refractivity contribution >= 4 is 0 Å². The van der Waals surface area contributed by atoms with Crippen LogP contribution in [0.25, 0.3) is 5.59 Å². The van der Waals surface area contributed by atoms with Crippen LogP contribution in [-0.4, -0.2) is 5.48 Å². The van der Waals surface area contributed by atoms with E-state index in [1.54, 1.807) is 0 Å². The molecule has 0 aliphatic carbocycles. The molecule has 2 N–H and O–H groups in total. The van der Waals surface area contributed by atoms with Crippen LogP contribution in [0.5, 0.6) is 0 Å². The van der Waals surface area contributed by atoms with Gasteiger partial charge in [-0.3, -0.25) is 0 Å². The van der Waals surface area contributed by atoms with Crippen molar-refractivity contribution in [1.29, 1.82) is 0 Å². The molecule has 0 radical (unpaired) electrons. The summed E-state index contributed by atoms with van der Waals surface area (Å²) in [6, 6.07) is 0. The van der Waals surface area contributed by atoms with Gasteiger partial charge in [-0.15, -0.1) is 21.4 Å².